The summed E-state index contributed by atoms with van der Waals surface area (Å²) in [6.07, 6.45) is 1.40. The summed E-state index contributed by atoms with van der Waals surface area (Å²) in [6.45, 7) is 0. The smallest absolute Gasteiger partial charge is 0.261 e. The van der Waals surface area contributed by atoms with E-state index in [4.69, 9.17) is 5.26 Å². The molecule has 0 bridgehead atoms. The molecule has 0 heterocycles. The second-order valence-electron chi connectivity index (χ2n) is 4.30. The van der Waals surface area contributed by atoms with Gasteiger partial charge in [-0.3, -0.25) is 4.79 Å². The summed E-state index contributed by atoms with van der Waals surface area (Å²) in [4.78, 5) is 11.9. The monoisotopic (exact) mass is 279 g/mol. The Hall–Kier alpha value is -3.13. The molecule has 0 aliphatic rings. The molecule has 0 saturated carbocycles. The summed E-state index contributed by atoms with van der Waals surface area (Å²) < 4.78 is 0. The van der Waals surface area contributed by atoms with Crippen LogP contribution in [-0.4, -0.2) is 17.2 Å². The van der Waals surface area contributed by atoms with Gasteiger partial charge in [0.1, 0.15) is 5.75 Å². The summed E-state index contributed by atoms with van der Waals surface area (Å²) in [5.41, 5.74) is 3.58. The fourth-order valence-corrected chi connectivity index (χ4v) is 1.77. The second-order valence-corrected chi connectivity index (χ2v) is 4.30. The Morgan fingerprint density at radius 3 is 2.67 bits per heavy atom. The first-order chi connectivity index (χ1) is 10.2. The van der Waals surface area contributed by atoms with Crippen molar-refractivity contribution in [3.63, 3.8) is 0 Å². The zero-order valence-electron chi connectivity index (χ0n) is 11.1. The maximum atomic E-state index is 11.9. The summed E-state index contributed by atoms with van der Waals surface area (Å²) in [5.74, 6) is -1.29. The van der Waals surface area contributed by atoms with Crippen LogP contribution in [-0.2, 0) is 4.79 Å². The first-order valence-corrected chi connectivity index (χ1v) is 6.27. The van der Waals surface area contributed by atoms with Crippen molar-refractivity contribution in [1.82, 2.24) is 5.43 Å². The molecule has 0 unspecified atom stereocenters. The van der Waals surface area contributed by atoms with Crippen molar-refractivity contribution in [2.24, 2.45) is 5.10 Å². The minimum atomic E-state index is -0.910. The standard InChI is InChI=1S/C16H13N3O2/c17-10-15(13-6-2-1-3-7-13)16(21)19-18-11-12-5-4-8-14(20)9-12/h1-9,11,15,20H,(H,19,21)/b18-11-/t15-/m1/s1. The Morgan fingerprint density at radius 2 is 2.00 bits per heavy atom. The largest absolute Gasteiger partial charge is 0.508 e. The average Bonchev–Trinajstić information content (AvgIpc) is 2.49. The topological polar surface area (TPSA) is 85.5 Å². The zero-order valence-corrected chi connectivity index (χ0v) is 11.1. The molecule has 5 heteroatoms. The van der Waals surface area contributed by atoms with Crippen molar-refractivity contribution in [1.29, 1.82) is 5.26 Å². The fraction of sp³-hybridized carbons (Fsp3) is 0.0625. The molecule has 0 spiro atoms. The third kappa shape index (κ3) is 3.91. The van der Waals surface area contributed by atoms with E-state index in [0.717, 1.165) is 0 Å². The third-order valence-electron chi connectivity index (χ3n) is 2.78. The Labute approximate surface area is 122 Å². The molecular weight excluding hydrogens is 266 g/mol. The van der Waals surface area contributed by atoms with E-state index in [1.54, 1.807) is 36.4 Å². The minimum Gasteiger partial charge on any atom is -0.508 e. The predicted molar refractivity (Wildman–Crippen MR) is 78.6 cm³/mol. The van der Waals surface area contributed by atoms with Gasteiger partial charge in [-0.05, 0) is 23.3 Å². The molecule has 21 heavy (non-hydrogen) atoms. The number of amides is 1. The molecule has 2 rings (SSSR count). The number of nitrogens with one attached hydrogen (secondary N) is 1. The van der Waals surface area contributed by atoms with Crippen LogP contribution in [0.5, 0.6) is 5.75 Å². The van der Waals surface area contributed by atoms with Crippen molar-refractivity contribution in [2.45, 2.75) is 5.92 Å². The van der Waals surface area contributed by atoms with Gasteiger partial charge in [-0.2, -0.15) is 10.4 Å². The molecular formula is C16H13N3O2. The van der Waals surface area contributed by atoms with Gasteiger partial charge in [-0.1, -0.05) is 42.5 Å². The van der Waals surface area contributed by atoms with E-state index in [-0.39, 0.29) is 5.75 Å². The van der Waals surface area contributed by atoms with E-state index >= 15 is 0 Å². The van der Waals surface area contributed by atoms with E-state index in [0.29, 0.717) is 11.1 Å². The SMILES string of the molecule is N#C[C@@H](C(=O)N/N=C\c1cccc(O)c1)c1ccccc1. The van der Waals surface area contributed by atoms with Crippen molar-refractivity contribution in [3.8, 4) is 11.8 Å². The third-order valence-corrected chi connectivity index (χ3v) is 2.78. The van der Waals surface area contributed by atoms with Crippen LogP contribution in [0.1, 0.15) is 17.0 Å². The number of hydrazone groups is 1. The maximum Gasteiger partial charge on any atom is 0.261 e. The highest BCUT2D eigenvalue weighted by Gasteiger charge is 2.19. The van der Waals surface area contributed by atoms with E-state index < -0.39 is 11.8 Å². The lowest BCUT2D eigenvalue weighted by molar-refractivity contribution is -0.121. The summed E-state index contributed by atoms with van der Waals surface area (Å²) >= 11 is 0. The number of carbonyl (C=O) groups is 1. The van der Waals surface area contributed by atoms with Crippen LogP contribution in [0.4, 0.5) is 0 Å². The van der Waals surface area contributed by atoms with Crippen LogP contribution in [0, 0.1) is 11.3 Å². The lowest BCUT2D eigenvalue weighted by Gasteiger charge is -2.07. The molecule has 5 nitrogen and oxygen atoms in total. The highest BCUT2D eigenvalue weighted by atomic mass is 16.3. The van der Waals surface area contributed by atoms with Crippen LogP contribution >= 0.6 is 0 Å². The molecule has 2 aromatic rings. The molecule has 0 aliphatic heterocycles. The van der Waals surface area contributed by atoms with Gasteiger partial charge in [0.15, 0.2) is 5.92 Å². The van der Waals surface area contributed by atoms with Gasteiger partial charge in [0, 0.05) is 0 Å². The van der Waals surface area contributed by atoms with E-state index in [1.807, 2.05) is 12.1 Å². The Balaban J connectivity index is 2.02. The second kappa shape index (κ2) is 6.87. The summed E-state index contributed by atoms with van der Waals surface area (Å²) in [5, 5.41) is 22.2. The molecule has 104 valence electrons. The van der Waals surface area contributed by atoms with Crippen LogP contribution in [0.15, 0.2) is 59.7 Å². The molecule has 0 aromatic heterocycles. The number of nitrogens with zero attached hydrogens (tertiary/aromatic N) is 2. The lowest BCUT2D eigenvalue weighted by Crippen LogP contribution is -2.24. The number of nitriles is 1. The van der Waals surface area contributed by atoms with Gasteiger partial charge in [0.25, 0.3) is 5.91 Å². The van der Waals surface area contributed by atoms with Crippen molar-refractivity contribution >= 4 is 12.1 Å². The van der Waals surface area contributed by atoms with E-state index in [9.17, 15) is 9.90 Å². The number of hydrogen-bond acceptors (Lipinski definition) is 4. The van der Waals surface area contributed by atoms with Gasteiger partial charge in [-0.25, -0.2) is 5.43 Å². The number of hydrogen-bond donors (Lipinski definition) is 2. The number of carbonyl (C=O) groups excluding carboxylic acids is 1. The van der Waals surface area contributed by atoms with E-state index in [1.165, 1.54) is 18.3 Å². The summed E-state index contributed by atoms with van der Waals surface area (Å²) in [7, 11) is 0. The van der Waals surface area contributed by atoms with Crippen LogP contribution < -0.4 is 5.43 Å². The van der Waals surface area contributed by atoms with Gasteiger partial charge in [0.05, 0.1) is 12.3 Å². The van der Waals surface area contributed by atoms with Crippen molar-refractivity contribution < 1.29 is 9.90 Å². The molecule has 2 N–H and O–H groups in total. The molecule has 0 aliphatic carbocycles. The highest BCUT2D eigenvalue weighted by molar-refractivity contribution is 5.88. The molecule has 0 radical (unpaired) electrons. The van der Waals surface area contributed by atoms with E-state index in [2.05, 4.69) is 10.5 Å². The van der Waals surface area contributed by atoms with Crippen LogP contribution in [0.25, 0.3) is 0 Å². The normalized spacial score (nSPS) is 11.8. The van der Waals surface area contributed by atoms with Crippen molar-refractivity contribution in [2.75, 3.05) is 0 Å². The highest BCUT2D eigenvalue weighted by Crippen LogP contribution is 2.14. The predicted octanol–water partition coefficient (Wildman–Crippen LogP) is 2.15. The average molecular weight is 279 g/mol. The van der Waals surface area contributed by atoms with Gasteiger partial charge < -0.3 is 5.11 Å². The maximum absolute atomic E-state index is 11.9. The Morgan fingerprint density at radius 1 is 1.24 bits per heavy atom. The van der Waals surface area contributed by atoms with Crippen LogP contribution in [0.2, 0.25) is 0 Å². The fourth-order valence-electron chi connectivity index (χ4n) is 1.77. The first kappa shape index (κ1) is 14.3. The van der Waals surface area contributed by atoms with Gasteiger partial charge in [-0.15, -0.1) is 0 Å². The first-order valence-electron chi connectivity index (χ1n) is 6.27. The van der Waals surface area contributed by atoms with Crippen LogP contribution in [0.3, 0.4) is 0 Å². The molecule has 1 amide bonds. The van der Waals surface area contributed by atoms with Gasteiger partial charge in [0.2, 0.25) is 0 Å². The molecule has 0 fully saturated rings. The Kier molecular flexibility index (Phi) is 4.67. The van der Waals surface area contributed by atoms with Gasteiger partial charge >= 0.3 is 0 Å². The molecule has 0 saturated heterocycles. The zero-order chi connectivity index (χ0) is 15.1. The molecule has 1 atom stereocenters. The number of benzene rings is 2. The molecule has 2 aromatic carbocycles. The number of phenols is 1. The summed E-state index contributed by atoms with van der Waals surface area (Å²) in [6, 6.07) is 17.2. The van der Waals surface area contributed by atoms with Crippen molar-refractivity contribution in [3.05, 3.63) is 65.7 Å². The number of rotatable bonds is 4. The minimum absolute atomic E-state index is 0.115. The number of aromatic hydroxyl groups is 1. The quantitative estimate of drug-likeness (QED) is 0.664. The Bertz CT molecular complexity index is 690. The number of phenolic OH excluding ortho intramolecular Hbond substituents is 1. The lowest BCUT2D eigenvalue weighted by atomic mass is 10.0.